The number of para-hydroxylation sites is 1. The van der Waals surface area contributed by atoms with Crippen molar-refractivity contribution < 1.29 is 9.53 Å². The summed E-state index contributed by atoms with van der Waals surface area (Å²) in [6, 6.07) is 8.53. The fourth-order valence-electron chi connectivity index (χ4n) is 3.50. The maximum Gasteiger partial charge on any atom is 0.317 e. The molecule has 2 heterocycles. The number of urea groups is 1. The first kappa shape index (κ1) is 17.0. The van der Waals surface area contributed by atoms with E-state index >= 15 is 0 Å². The Kier molecular flexibility index (Phi) is 5.58. The molecule has 2 saturated heterocycles. The summed E-state index contributed by atoms with van der Waals surface area (Å²) < 4.78 is 5.42. The van der Waals surface area contributed by atoms with Gasteiger partial charge in [0.1, 0.15) is 5.75 Å². The third-order valence-corrected chi connectivity index (χ3v) is 4.96. The van der Waals surface area contributed by atoms with Gasteiger partial charge in [0.15, 0.2) is 0 Å². The quantitative estimate of drug-likeness (QED) is 0.901. The predicted octanol–water partition coefficient (Wildman–Crippen LogP) is 1.23. The number of carbonyl (C=O) groups is 1. The smallest absolute Gasteiger partial charge is 0.317 e. The third-order valence-electron chi connectivity index (χ3n) is 4.96. The van der Waals surface area contributed by atoms with Crippen LogP contribution in [0.15, 0.2) is 24.3 Å². The highest BCUT2D eigenvalue weighted by molar-refractivity contribution is 5.74. The van der Waals surface area contributed by atoms with Crippen LogP contribution in [-0.2, 0) is 6.54 Å². The number of likely N-dealkylation sites (tertiary alicyclic amines) is 1. The van der Waals surface area contributed by atoms with Gasteiger partial charge >= 0.3 is 6.03 Å². The molecular formula is C18H28N4O2. The summed E-state index contributed by atoms with van der Waals surface area (Å²) in [5.74, 6) is 0.933. The molecule has 0 unspecified atom stereocenters. The first-order chi connectivity index (χ1) is 11.7. The molecule has 6 heteroatoms. The van der Waals surface area contributed by atoms with E-state index in [-0.39, 0.29) is 6.03 Å². The molecule has 0 radical (unpaired) electrons. The van der Waals surface area contributed by atoms with Gasteiger partial charge in [0.05, 0.1) is 7.11 Å². The second-order valence-corrected chi connectivity index (χ2v) is 6.77. The molecule has 3 rings (SSSR count). The number of ether oxygens (including phenoxy) is 1. The van der Waals surface area contributed by atoms with Crippen LogP contribution in [-0.4, -0.2) is 80.2 Å². The van der Waals surface area contributed by atoms with Crippen molar-refractivity contribution in [1.82, 2.24) is 20.0 Å². The summed E-state index contributed by atoms with van der Waals surface area (Å²) in [6.45, 7) is 6.25. The topological polar surface area (TPSA) is 48.1 Å². The van der Waals surface area contributed by atoms with Crippen LogP contribution in [0.3, 0.4) is 0 Å². The number of nitrogens with zero attached hydrogens (tertiary/aromatic N) is 3. The number of nitrogens with one attached hydrogen (secondary N) is 1. The summed E-state index contributed by atoms with van der Waals surface area (Å²) in [5.41, 5.74) is 1.20. The molecule has 1 atom stereocenters. The fourth-order valence-corrected chi connectivity index (χ4v) is 3.50. The van der Waals surface area contributed by atoms with Gasteiger partial charge in [-0.2, -0.15) is 0 Å². The highest BCUT2D eigenvalue weighted by atomic mass is 16.5. The second-order valence-electron chi connectivity index (χ2n) is 6.77. The van der Waals surface area contributed by atoms with Crippen LogP contribution in [0.25, 0.3) is 0 Å². The van der Waals surface area contributed by atoms with Crippen molar-refractivity contribution in [3.8, 4) is 5.75 Å². The molecule has 0 aliphatic carbocycles. The van der Waals surface area contributed by atoms with E-state index in [1.165, 1.54) is 5.56 Å². The molecule has 1 N–H and O–H groups in total. The van der Waals surface area contributed by atoms with E-state index in [1.54, 1.807) is 7.11 Å². The fraction of sp³-hybridized carbons (Fsp3) is 0.611. The van der Waals surface area contributed by atoms with E-state index in [1.807, 2.05) is 23.1 Å². The van der Waals surface area contributed by atoms with Gasteiger partial charge in [-0.05, 0) is 26.1 Å². The molecule has 0 saturated carbocycles. The molecular weight excluding hydrogens is 304 g/mol. The lowest BCUT2D eigenvalue weighted by Crippen LogP contribution is -2.53. The minimum atomic E-state index is 0.0900. The van der Waals surface area contributed by atoms with E-state index in [2.05, 4.69) is 28.2 Å². The lowest BCUT2D eigenvalue weighted by Gasteiger charge is -2.35. The molecule has 6 nitrogen and oxygen atoms in total. The second kappa shape index (κ2) is 7.85. The van der Waals surface area contributed by atoms with E-state index < -0.39 is 0 Å². The number of hydrogen-bond acceptors (Lipinski definition) is 4. The molecule has 1 aromatic rings. The zero-order valence-corrected chi connectivity index (χ0v) is 14.7. The molecule has 0 aromatic heterocycles. The Balaban J connectivity index is 1.46. The Bertz CT molecular complexity index is 558. The Morgan fingerprint density at radius 2 is 1.96 bits per heavy atom. The van der Waals surface area contributed by atoms with Crippen LogP contribution in [0.5, 0.6) is 5.75 Å². The Morgan fingerprint density at radius 3 is 2.62 bits per heavy atom. The average molecular weight is 332 g/mol. The van der Waals surface area contributed by atoms with Gasteiger partial charge in [0, 0.05) is 50.9 Å². The summed E-state index contributed by atoms with van der Waals surface area (Å²) in [5, 5.41) is 3.17. The minimum Gasteiger partial charge on any atom is -0.496 e. The van der Waals surface area contributed by atoms with Crippen LogP contribution in [0.2, 0.25) is 0 Å². The van der Waals surface area contributed by atoms with Crippen molar-refractivity contribution in [3.05, 3.63) is 29.8 Å². The van der Waals surface area contributed by atoms with Crippen molar-refractivity contribution in [3.63, 3.8) is 0 Å². The zero-order valence-electron chi connectivity index (χ0n) is 14.7. The normalized spacial score (nSPS) is 22.6. The highest BCUT2D eigenvalue weighted by Gasteiger charge is 2.26. The van der Waals surface area contributed by atoms with Gasteiger partial charge in [-0.15, -0.1) is 0 Å². The SMILES string of the molecule is COc1ccccc1CN1CCN(C(=O)N[C@@H]2CCN(C)C2)CC1. The zero-order chi connectivity index (χ0) is 16.9. The number of piperazine rings is 1. The number of hydrogen-bond donors (Lipinski definition) is 1. The number of methoxy groups -OCH3 is 1. The molecule has 0 bridgehead atoms. The van der Waals surface area contributed by atoms with Gasteiger partial charge in [0.25, 0.3) is 0 Å². The van der Waals surface area contributed by atoms with Crippen molar-refractivity contribution in [2.45, 2.75) is 19.0 Å². The van der Waals surface area contributed by atoms with Crippen LogP contribution in [0.1, 0.15) is 12.0 Å². The van der Waals surface area contributed by atoms with Crippen molar-refractivity contribution in [2.24, 2.45) is 0 Å². The molecule has 2 aliphatic rings. The van der Waals surface area contributed by atoms with E-state index in [0.29, 0.717) is 6.04 Å². The Labute approximate surface area is 144 Å². The molecule has 132 valence electrons. The van der Waals surface area contributed by atoms with Gasteiger partial charge in [-0.3, -0.25) is 4.90 Å². The lowest BCUT2D eigenvalue weighted by atomic mass is 10.1. The van der Waals surface area contributed by atoms with Crippen molar-refractivity contribution in [2.75, 3.05) is 53.4 Å². The monoisotopic (exact) mass is 332 g/mol. The Hall–Kier alpha value is -1.79. The molecule has 2 fully saturated rings. The molecule has 1 aromatic carbocycles. The van der Waals surface area contributed by atoms with Crippen LogP contribution >= 0.6 is 0 Å². The third kappa shape index (κ3) is 4.19. The molecule has 24 heavy (non-hydrogen) atoms. The maximum atomic E-state index is 12.4. The lowest BCUT2D eigenvalue weighted by molar-refractivity contribution is 0.132. The van der Waals surface area contributed by atoms with Gasteiger partial charge in [-0.25, -0.2) is 4.79 Å². The van der Waals surface area contributed by atoms with E-state index in [4.69, 9.17) is 4.74 Å². The van der Waals surface area contributed by atoms with Gasteiger partial charge in [-0.1, -0.05) is 18.2 Å². The average Bonchev–Trinajstić information content (AvgIpc) is 3.01. The first-order valence-electron chi connectivity index (χ1n) is 8.74. The first-order valence-corrected chi connectivity index (χ1v) is 8.74. The van der Waals surface area contributed by atoms with Crippen LogP contribution in [0.4, 0.5) is 4.79 Å². The number of amides is 2. The van der Waals surface area contributed by atoms with Gasteiger partial charge < -0.3 is 19.9 Å². The van der Waals surface area contributed by atoms with E-state index in [0.717, 1.165) is 58.0 Å². The summed E-state index contributed by atoms with van der Waals surface area (Å²) in [4.78, 5) is 19.0. The number of carbonyl (C=O) groups excluding carboxylic acids is 1. The standard InChI is InChI=1S/C18H28N4O2/c1-20-8-7-16(14-20)19-18(23)22-11-9-21(10-12-22)13-15-5-3-4-6-17(15)24-2/h3-6,16H,7-14H2,1-2H3,(H,19,23)/t16-/m1/s1. The largest absolute Gasteiger partial charge is 0.496 e. The maximum absolute atomic E-state index is 12.4. The molecule has 2 aliphatic heterocycles. The number of rotatable bonds is 4. The van der Waals surface area contributed by atoms with Crippen molar-refractivity contribution in [1.29, 1.82) is 0 Å². The predicted molar refractivity (Wildman–Crippen MR) is 94.3 cm³/mol. The van der Waals surface area contributed by atoms with Crippen LogP contribution < -0.4 is 10.1 Å². The minimum absolute atomic E-state index is 0.0900. The van der Waals surface area contributed by atoms with Gasteiger partial charge in [0.2, 0.25) is 0 Å². The van der Waals surface area contributed by atoms with E-state index in [9.17, 15) is 4.79 Å². The summed E-state index contributed by atoms with van der Waals surface area (Å²) in [6.07, 6.45) is 1.05. The molecule has 2 amide bonds. The molecule has 0 spiro atoms. The Morgan fingerprint density at radius 1 is 1.21 bits per heavy atom. The number of likely N-dealkylation sites (N-methyl/N-ethyl adjacent to an activating group) is 1. The van der Waals surface area contributed by atoms with Crippen LogP contribution in [0, 0.1) is 0 Å². The highest BCUT2D eigenvalue weighted by Crippen LogP contribution is 2.20. The van der Waals surface area contributed by atoms with Crippen molar-refractivity contribution >= 4 is 6.03 Å². The summed E-state index contributed by atoms with van der Waals surface area (Å²) >= 11 is 0. The summed E-state index contributed by atoms with van der Waals surface area (Å²) in [7, 11) is 3.81. The number of benzene rings is 1.